The lowest BCUT2D eigenvalue weighted by Gasteiger charge is -2.17. The van der Waals surface area contributed by atoms with Gasteiger partial charge in [0.15, 0.2) is 6.10 Å². The Bertz CT molecular complexity index is 1140. The SMILES string of the molecule is CC(Oc1ccc(C#N)cc1)C(=O)Nc1ccccc1NS(=O)(=O)c1cccs1. The third kappa shape index (κ3) is 5.13. The van der Waals surface area contributed by atoms with Gasteiger partial charge in [-0.05, 0) is 54.8 Å². The largest absolute Gasteiger partial charge is 0.481 e. The lowest BCUT2D eigenvalue weighted by Crippen LogP contribution is -2.30. The second-order valence-corrected chi connectivity index (χ2v) is 8.83. The number of amides is 1. The zero-order chi connectivity index (χ0) is 20.9. The van der Waals surface area contributed by atoms with Gasteiger partial charge in [0.1, 0.15) is 9.96 Å². The first-order valence-corrected chi connectivity index (χ1v) is 10.9. The molecule has 0 spiro atoms. The first-order chi connectivity index (χ1) is 13.9. The number of carbonyl (C=O) groups excluding carboxylic acids is 1. The minimum atomic E-state index is -3.74. The molecule has 0 bridgehead atoms. The molecule has 7 nitrogen and oxygen atoms in total. The predicted molar refractivity (Wildman–Crippen MR) is 111 cm³/mol. The fraction of sp³-hybridized carbons (Fsp3) is 0.100. The van der Waals surface area contributed by atoms with E-state index in [9.17, 15) is 13.2 Å². The average Bonchev–Trinajstić information content (AvgIpc) is 3.26. The fourth-order valence-electron chi connectivity index (χ4n) is 2.39. The molecule has 1 amide bonds. The van der Waals surface area contributed by atoms with E-state index in [2.05, 4.69) is 10.0 Å². The predicted octanol–water partition coefficient (Wildman–Crippen LogP) is 3.83. The van der Waals surface area contributed by atoms with E-state index >= 15 is 0 Å². The topological polar surface area (TPSA) is 108 Å². The molecule has 0 saturated heterocycles. The molecule has 3 aromatic rings. The number of para-hydroxylation sites is 2. The summed E-state index contributed by atoms with van der Waals surface area (Å²) in [7, 11) is -3.74. The Morgan fingerprint density at radius 1 is 1.07 bits per heavy atom. The van der Waals surface area contributed by atoms with Crippen LogP contribution in [0.15, 0.2) is 70.3 Å². The highest BCUT2D eigenvalue weighted by molar-refractivity contribution is 7.94. The van der Waals surface area contributed by atoms with Gasteiger partial charge in [0.25, 0.3) is 15.9 Å². The van der Waals surface area contributed by atoms with Crippen molar-refractivity contribution in [2.24, 2.45) is 0 Å². The minimum absolute atomic E-state index is 0.177. The van der Waals surface area contributed by atoms with Crippen LogP contribution in [-0.2, 0) is 14.8 Å². The maximum atomic E-state index is 12.5. The monoisotopic (exact) mass is 427 g/mol. The summed E-state index contributed by atoms with van der Waals surface area (Å²) in [6.07, 6.45) is -0.843. The molecule has 1 aromatic heterocycles. The lowest BCUT2D eigenvalue weighted by molar-refractivity contribution is -0.122. The molecule has 2 N–H and O–H groups in total. The number of rotatable bonds is 7. The standard InChI is InChI=1S/C20H17N3O4S2/c1-14(27-16-10-8-15(13-21)9-11-16)20(24)22-17-5-2-3-6-18(17)23-29(25,26)19-7-4-12-28-19/h2-12,14,23H,1H3,(H,22,24). The van der Waals surface area contributed by atoms with Crippen molar-refractivity contribution in [1.82, 2.24) is 0 Å². The van der Waals surface area contributed by atoms with Crippen LogP contribution in [0.25, 0.3) is 0 Å². The number of nitriles is 1. The van der Waals surface area contributed by atoms with Crippen molar-refractivity contribution in [3.63, 3.8) is 0 Å². The van der Waals surface area contributed by atoms with Crippen LogP contribution in [-0.4, -0.2) is 20.4 Å². The van der Waals surface area contributed by atoms with E-state index in [1.54, 1.807) is 66.9 Å². The number of anilines is 2. The van der Waals surface area contributed by atoms with Gasteiger partial charge in [0.2, 0.25) is 0 Å². The molecule has 148 valence electrons. The Balaban J connectivity index is 1.71. The lowest BCUT2D eigenvalue weighted by atomic mass is 10.2. The summed E-state index contributed by atoms with van der Waals surface area (Å²) in [5.74, 6) is -0.00420. The van der Waals surface area contributed by atoms with Crippen molar-refractivity contribution in [1.29, 1.82) is 5.26 Å². The molecule has 0 aliphatic rings. The second kappa shape index (κ2) is 8.77. The smallest absolute Gasteiger partial charge is 0.271 e. The summed E-state index contributed by atoms with van der Waals surface area (Å²) in [6.45, 7) is 1.58. The van der Waals surface area contributed by atoms with Crippen LogP contribution in [0.2, 0.25) is 0 Å². The highest BCUT2D eigenvalue weighted by Crippen LogP contribution is 2.26. The van der Waals surface area contributed by atoms with Gasteiger partial charge >= 0.3 is 0 Å². The van der Waals surface area contributed by atoms with Gasteiger partial charge < -0.3 is 10.1 Å². The van der Waals surface area contributed by atoms with Crippen LogP contribution < -0.4 is 14.8 Å². The van der Waals surface area contributed by atoms with Gasteiger partial charge in [0.05, 0.1) is 23.0 Å². The highest BCUT2D eigenvalue weighted by Gasteiger charge is 2.20. The van der Waals surface area contributed by atoms with E-state index in [-0.39, 0.29) is 9.90 Å². The number of carbonyl (C=O) groups is 1. The number of thiophene rings is 1. The summed E-state index contributed by atoms with van der Waals surface area (Å²) in [6, 6.07) is 18.1. The molecule has 0 radical (unpaired) electrons. The molecule has 1 heterocycles. The number of benzene rings is 2. The van der Waals surface area contributed by atoms with Crippen LogP contribution in [0.3, 0.4) is 0 Å². The average molecular weight is 428 g/mol. The zero-order valence-corrected chi connectivity index (χ0v) is 17.0. The molecule has 0 aliphatic heterocycles. The molecular weight excluding hydrogens is 410 g/mol. The van der Waals surface area contributed by atoms with Crippen molar-refractivity contribution in [2.75, 3.05) is 10.0 Å². The molecular formula is C20H17N3O4S2. The number of hydrogen-bond donors (Lipinski definition) is 2. The van der Waals surface area contributed by atoms with E-state index in [1.165, 1.54) is 6.07 Å². The van der Waals surface area contributed by atoms with E-state index < -0.39 is 22.0 Å². The summed E-state index contributed by atoms with van der Waals surface area (Å²) < 4.78 is 33.2. The normalized spacial score (nSPS) is 11.9. The van der Waals surface area contributed by atoms with Crippen LogP contribution >= 0.6 is 11.3 Å². The number of hydrogen-bond acceptors (Lipinski definition) is 6. The molecule has 2 aromatic carbocycles. The quantitative estimate of drug-likeness (QED) is 0.596. The van der Waals surface area contributed by atoms with Gasteiger partial charge in [-0.3, -0.25) is 9.52 Å². The first kappa shape index (κ1) is 20.4. The van der Waals surface area contributed by atoms with Gasteiger partial charge in [0, 0.05) is 0 Å². The van der Waals surface area contributed by atoms with Crippen LogP contribution in [0.4, 0.5) is 11.4 Å². The Labute approximate surface area is 172 Å². The summed E-state index contributed by atoms with van der Waals surface area (Å²) in [4.78, 5) is 12.5. The van der Waals surface area contributed by atoms with Crippen LogP contribution in [0.5, 0.6) is 5.75 Å². The van der Waals surface area contributed by atoms with Crippen molar-refractivity contribution >= 4 is 38.6 Å². The molecule has 1 unspecified atom stereocenters. The van der Waals surface area contributed by atoms with E-state index in [0.29, 0.717) is 17.0 Å². The van der Waals surface area contributed by atoms with Gasteiger partial charge in [-0.15, -0.1) is 11.3 Å². The Morgan fingerprint density at radius 3 is 2.38 bits per heavy atom. The van der Waals surface area contributed by atoms with E-state index in [1.807, 2.05) is 6.07 Å². The molecule has 29 heavy (non-hydrogen) atoms. The number of ether oxygens (including phenoxy) is 1. The molecule has 1 atom stereocenters. The van der Waals surface area contributed by atoms with Gasteiger partial charge in [-0.2, -0.15) is 5.26 Å². The fourth-order valence-corrected chi connectivity index (χ4v) is 4.47. The number of sulfonamides is 1. The van der Waals surface area contributed by atoms with Crippen LogP contribution in [0.1, 0.15) is 12.5 Å². The Morgan fingerprint density at radius 2 is 1.76 bits per heavy atom. The third-order valence-electron chi connectivity index (χ3n) is 3.85. The van der Waals surface area contributed by atoms with Gasteiger partial charge in [-0.25, -0.2) is 8.42 Å². The minimum Gasteiger partial charge on any atom is -0.481 e. The van der Waals surface area contributed by atoms with E-state index in [0.717, 1.165) is 11.3 Å². The molecule has 9 heteroatoms. The first-order valence-electron chi connectivity index (χ1n) is 8.52. The van der Waals surface area contributed by atoms with Crippen molar-refractivity contribution in [3.05, 3.63) is 71.6 Å². The summed E-state index contributed by atoms with van der Waals surface area (Å²) in [5.41, 5.74) is 1.05. The van der Waals surface area contributed by atoms with Gasteiger partial charge in [-0.1, -0.05) is 18.2 Å². The Hall–Kier alpha value is -3.35. The van der Waals surface area contributed by atoms with Crippen molar-refractivity contribution in [2.45, 2.75) is 17.2 Å². The third-order valence-corrected chi connectivity index (χ3v) is 6.62. The van der Waals surface area contributed by atoms with Crippen LogP contribution in [0, 0.1) is 11.3 Å². The van der Waals surface area contributed by atoms with E-state index in [4.69, 9.17) is 10.00 Å². The maximum Gasteiger partial charge on any atom is 0.271 e. The molecule has 0 saturated carbocycles. The summed E-state index contributed by atoms with van der Waals surface area (Å²) >= 11 is 1.10. The highest BCUT2D eigenvalue weighted by atomic mass is 32.2. The number of nitrogens with one attached hydrogen (secondary N) is 2. The summed E-state index contributed by atoms with van der Waals surface area (Å²) in [5, 5.41) is 13.2. The van der Waals surface area contributed by atoms with Crippen molar-refractivity contribution in [3.8, 4) is 11.8 Å². The Kier molecular flexibility index (Phi) is 6.16. The zero-order valence-electron chi connectivity index (χ0n) is 15.3. The maximum absolute atomic E-state index is 12.5. The molecule has 0 fully saturated rings. The van der Waals surface area contributed by atoms with Crippen molar-refractivity contribution < 1.29 is 17.9 Å². The second-order valence-electron chi connectivity index (χ2n) is 5.97. The molecule has 3 rings (SSSR count). The molecule has 0 aliphatic carbocycles. The number of nitrogens with zero attached hydrogens (tertiary/aromatic N) is 1.